The number of aromatic nitrogens is 2. The number of hydrogen-bond acceptors (Lipinski definition) is 6. The number of hydrogen-bond donors (Lipinski definition) is 1. The lowest BCUT2D eigenvalue weighted by Gasteiger charge is -2.13. The van der Waals surface area contributed by atoms with Crippen LogP contribution in [-0.4, -0.2) is 28.1 Å². The topological polar surface area (TPSA) is 66.3 Å². The SMILES string of the molecule is Cc1nc(CN(C)c2ncc(C(=O)O)s2)cs1. The van der Waals surface area contributed by atoms with Gasteiger partial charge in [-0.05, 0) is 6.92 Å². The fourth-order valence-electron chi connectivity index (χ4n) is 1.33. The first-order valence-electron chi connectivity index (χ1n) is 4.87. The number of carboxylic acids is 1. The largest absolute Gasteiger partial charge is 0.477 e. The molecule has 0 aliphatic heterocycles. The van der Waals surface area contributed by atoms with Crippen LogP contribution in [0.15, 0.2) is 11.6 Å². The summed E-state index contributed by atoms with van der Waals surface area (Å²) < 4.78 is 0. The second-order valence-electron chi connectivity index (χ2n) is 3.53. The minimum absolute atomic E-state index is 0.251. The van der Waals surface area contributed by atoms with E-state index < -0.39 is 5.97 Å². The Kier molecular flexibility index (Phi) is 3.39. The third-order valence-corrected chi connectivity index (χ3v) is 4.02. The van der Waals surface area contributed by atoms with E-state index in [9.17, 15) is 4.79 Å². The highest BCUT2D eigenvalue weighted by atomic mass is 32.1. The molecular weight excluding hydrogens is 258 g/mol. The van der Waals surface area contributed by atoms with Crippen LogP contribution in [0.5, 0.6) is 0 Å². The first kappa shape index (κ1) is 12.0. The molecule has 0 amide bonds. The Balaban J connectivity index is 2.08. The Morgan fingerprint density at radius 1 is 1.59 bits per heavy atom. The molecule has 5 nitrogen and oxygen atoms in total. The fraction of sp³-hybridized carbons (Fsp3) is 0.300. The predicted molar refractivity (Wildman–Crippen MR) is 68.0 cm³/mol. The summed E-state index contributed by atoms with van der Waals surface area (Å²) in [5.41, 5.74) is 0.974. The van der Waals surface area contributed by atoms with Crippen LogP contribution in [0.2, 0.25) is 0 Å². The highest BCUT2D eigenvalue weighted by Crippen LogP contribution is 2.23. The maximum atomic E-state index is 10.7. The highest BCUT2D eigenvalue weighted by molar-refractivity contribution is 7.17. The molecule has 2 aromatic heterocycles. The van der Waals surface area contributed by atoms with Gasteiger partial charge in [0.15, 0.2) is 5.13 Å². The van der Waals surface area contributed by atoms with Gasteiger partial charge in [-0.3, -0.25) is 0 Å². The standard InChI is InChI=1S/C10H11N3O2S2/c1-6-12-7(5-16-6)4-13(2)10-11-3-8(17-10)9(14)15/h3,5H,4H2,1-2H3,(H,14,15). The summed E-state index contributed by atoms with van der Waals surface area (Å²) in [6.07, 6.45) is 1.38. The van der Waals surface area contributed by atoms with Crippen molar-refractivity contribution in [1.82, 2.24) is 9.97 Å². The van der Waals surface area contributed by atoms with Gasteiger partial charge in [0.1, 0.15) is 4.88 Å². The molecule has 17 heavy (non-hydrogen) atoms. The van der Waals surface area contributed by atoms with Gasteiger partial charge in [-0.2, -0.15) is 0 Å². The van der Waals surface area contributed by atoms with Crippen molar-refractivity contribution in [3.63, 3.8) is 0 Å². The van der Waals surface area contributed by atoms with Gasteiger partial charge in [0, 0.05) is 12.4 Å². The van der Waals surface area contributed by atoms with Crippen molar-refractivity contribution >= 4 is 33.8 Å². The molecule has 0 spiro atoms. The van der Waals surface area contributed by atoms with E-state index in [4.69, 9.17) is 5.11 Å². The van der Waals surface area contributed by atoms with E-state index in [0.717, 1.165) is 10.7 Å². The van der Waals surface area contributed by atoms with Gasteiger partial charge in [0.25, 0.3) is 0 Å². The lowest BCUT2D eigenvalue weighted by Crippen LogP contribution is -2.16. The molecular formula is C10H11N3O2S2. The average Bonchev–Trinajstić information content (AvgIpc) is 2.86. The lowest BCUT2D eigenvalue weighted by atomic mass is 10.4. The zero-order valence-electron chi connectivity index (χ0n) is 9.38. The molecule has 2 aromatic rings. The monoisotopic (exact) mass is 269 g/mol. The minimum Gasteiger partial charge on any atom is -0.477 e. The molecule has 0 unspecified atom stereocenters. The van der Waals surface area contributed by atoms with Crippen molar-refractivity contribution in [3.8, 4) is 0 Å². The van der Waals surface area contributed by atoms with E-state index in [1.165, 1.54) is 17.5 Å². The molecule has 0 aliphatic carbocycles. The fourth-order valence-corrected chi connectivity index (χ4v) is 2.65. The highest BCUT2D eigenvalue weighted by Gasteiger charge is 2.12. The van der Waals surface area contributed by atoms with Gasteiger partial charge in [0.2, 0.25) is 0 Å². The Morgan fingerprint density at radius 3 is 2.88 bits per heavy atom. The molecule has 7 heteroatoms. The van der Waals surface area contributed by atoms with Gasteiger partial charge in [-0.1, -0.05) is 11.3 Å². The van der Waals surface area contributed by atoms with Crippen LogP contribution in [0.1, 0.15) is 20.4 Å². The third-order valence-electron chi connectivity index (χ3n) is 2.10. The molecule has 0 aliphatic rings. The first-order chi connectivity index (χ1) is 8.06. The molecule has 0 bridgehead atoms. The van der Waals surface area contributed by atoms with E-state index in [2.05, 4.69) is 9.97 Å². The maximum absolute atomic E-state index is 10.7. The number of anilines is 1. The Morgan fingerprint density at radius 2 is 2.35 bits per heavy atom. The van der Waals surface area contributed by atoms with Crippen LogP contribution >= 0.6 is 22.7 Å². The quantitative estimate of drug-likeness (QED) is 0.922. The zero-order valence-corrected chi connectivity index (χ0v) is 11.0. The summed E-state index contributed by atoms with van der Waals surface area (Å²) in [7, 11) is 1.87. The van der Waals surface area contributed by atoms with Crippen LogP contribution in [-0.2, 0) is 6.54 Å². The van der Waals surface area contributed by atoms with E-state index >= 15 is 0 Å². The Bertz CT molecular complexity index is 535. The zero-order chi connectivity index (χ0) is 12.4. The van der Waals surface area contributed by atoms with Crippen LogP contribution in [0, 0.1) is 6.92 Å². The summed E-state index contributed by atoms with van der Waals surface area (Å²) >= 11 is 2.77. The summed E-state index contributed by atoms with van der Waals surface area (Å²) in [5, 5.41) is 12.5. The normalized spacial score (nSPS) is 10.5. The second kappa shape index (κ2) is 4.80. The van der Waals surface area contributed by atoms with Crippen molar-refractivity contribution in [3.05, 3.63) is 27.2 Å². The van der Waals surface area contributed by atoms with Crippen molar-refractivity contribution in [2.45, 2.75) is 13.5 Å². The van der Waals surface area contributed by atoms with Gasteiger partial charge in [-0.25, -0.2) is 14.8 Å². The molecule has 0 saturated carbocycles. The molecule has 1 N–H and O–H groups in total. The molecule has 0 aromatic carbocycles. The summed E-state index contributed by atoms with van der Waals surface area (Å²) in [4.78, 5) is 21.3. The van der Waals surface area contributed by atoms with Crippen molar-refractivity contribution < 1.29 is 9.90 Å². The third kappa shape index (κ3) is 2.80. The molecule has 0 atom stereocenters. The number of carboxylic acid groups (broad SMARTS) is 1. The van der Waals surface area contributed by atoms with E-state index in [-0.39, 0.29) is 4.88 Å². The summed E-state index contributed by atoms with van der Waals surface area (Å²) in [6.45, 7) is 2.59. The summed E-state index contributed by atoms with van der Waals surface area (Å²) in [5.74, 6) is -0.938. The van der Waals surface area contributed by atoms with Crippen LogP contribution in [0.25, 0.3) is 0 Å². The Labute approximate surface area is 106 Å². The average molecular weight is 269 g/mol. The van der Waals surface area contributed by atoms with Crippen molar-refractivity contribution in [2.24, 2.45) is 0 Å². The first-order valence-corrected chi connectivity index (χ1v) is 6.57. The van der Waals surface area contributed by atoms with E-state index in [0.29, 0.717) is 11.7 Å². The number of nitrogens with zero attached hydrogens (tertiary/aromatic N) is 3. The van der Waals surface area contributed by atoms with E-state index in [1.807, 2.05) is 24.3 Å². The molecule has 2 rings (SSSR count). The number of aromatic carboxylic acids is 1. The van der Waals surface area contributed by atoms with Crippen LogP contribution < -0.4 is 4.90 Å². The van der Waals surface area contributed by atoms with Gasteiger partial charge in [-0.15, -0.1) is 11.3 Å². The van der Waals surface area contributed by atoms with Gasteiger partial charge >= 0.3 is 5.97 Å². The van der Waals surface area contributed by atoms with Crippen molar-refractivity contribution in [2.75, 3.05) is 11.9 Å². The maximum Gasteiger partial charge on any atom is 0.347 e. The number of rotatable bonds is 4. The van der Waals surface area contributed by atoms with Crippen LogP contribution in [0.4, 0.5) is 5.13 Å². The predicted octanol–water partition coefficient (Wildman–Crippen LogP) is 2.24. The second-order valence-corrected chi connectivity index (χ2v) is 5.60. The van der Waals surface area contributed by atoms with Gasteiger partial charge in [0.05, 0.1) is 23.4 Å². The molecule has 0 saturated heterocycles. The minimum atomic E-state index is -0.938. The summed E-state index contributed by atoms with van der Waals surface area (Å²) in [6, 6.07) is 0. The number of carbonyl (C=O) groups is 1. The number of thiazole rings is 2. The molecule has 2 heterocycles. The van der Waals surface area contributed by atoms with Crippen LogP contribution in [0.3, 0.4) is 0 Å². The smallest absolute Gasteiger partial charge is 0.347 e. The number of aryl methyl sites for hydroxylation is 1. The molecule has 0 fully saturated rings. The van der Waals surface area contributed by atoms with Gasteiger partial charge < -0.3 is 10.0 Å². The lowest BCUT2D eigenvalue weighted by molar-refractivity contribution is 0.0702. The van der Waals surface area contributed by atoms with E-state index in [1.54, 1.807) is 11.3 Å². The van der Waals surface area contributed by atoms with Crippen molar-refractivity contribution in [1.29, 1.82) is 0 Å². The Hall–Kier alpha value is -1.47. The molecule has 90 valence electrons. The molecule has 0 radical (unpaired) electrons.